The molecule has 4 aliphatic carbocycles. The average molecular weight is 1550 g/mol. The monoisotopic (exact) mass is 1550 g/mol. The van der Waals surface area contributed by atoms with E-state index < -0.39 is 5.41 Å². The Morgan fingerprint density at radius 2 is 0.851 bits per heavy atom. The summed E-state index contributed by atoms with van der Waals surface area (Å²) in [5, 5.41) is 0. The van der Waals surface area contributed by atoms with E-state index in [4.69, 9.17) is 4.74 Å². The highest BCUT2D eigenvalue weighted by atomic mass is 16.5. The van der Waals surface area contributed by atoms with Crippen molar-refractivity contribution in [3.8, 4) is 44.9 Å². The molecule has 2 unspecified atom stereocenters. The number of anilines is 14. The molecule has 2 atom stereocenters. The van der Waals surface area contributed by atoms with E-state index in [0.29, 0.717) is 0 Å². The van der Waals surface area contributed by atoms with Gasteiger partial charge in [-0.3, -0.25) is 0 Å². The molecule has 5 aliphatic heterocycles. The van der Waals surface area contributed by atoms with Crippen molar-refractivity contribution in [2.24, 2.45) is 11.8 Å². The van der Waals surface area contributed by atoms with Crippen LogP contribution in [0.4, 0.5) is 79.6 Å². The highest BCUT2D eigenvalue weighted by molar-refractivity contribution is 7.01. The molecule has 0 saturated carbocycles. The Labute approximate surface area is 709 Å². The molecule has 24 rings (SSSR count). The third-order valence-electron chi connectivity index (χ3n) is 27.1. The first-order chi connectivity index (χ1) is 59.7. The molecule has 0 radical (unpaired) electrons. The number of nitrogens with zero attached hydrogens (tertiary/aromatic N) is 5. The van der Waals surface area contributed by atoms with E-state index >= 15 is 0 Å². The summed E-state index contributed by atoms with van der Waals surface area (Å²) in [5.41, 5.74) is 38.9. The minimum absolute atomic E-state index is 0.0429. The minimum atomic E-state index is -0.923. The smallest absolute Gasteiger partial charge is 0.252 e. The van der Waals surface area contributed by atoms with Gasteiger partial charge in [0.05, 0.1) is 22.5 Å². The van der Waals surface area contributed by atoms with Gasteiger partial charge in [0.2, 0.25) is 0 Å². The Balaban J connectivity index is 0.817. The molecule has 121 heavy (non-hydrogen) atoms. The summed E-state index contributed by atoms with van der Waals surface area (Å²) in [6, 6.07) is 131. The van der Waals surface area contributed by atoms with Crippen LogP contribution < -0.4 is 62.0 Å². The standard InChI is InChI=1S/C113H85B2N5O/c1-112(2,3)78-66-103-109-104(67-78)120(111-85(76-42-15-6-16-43-76)56-37-57-86(111)77-44-17-7-18-45-77)102-73-108-92(71-96(102)114(109)93-60-31-35-64-99(93)117(103)80-48-21-9-22-49-80)113(89-58-29-25-54-87(89)88-55-26-30-59-90(88)113)91-70-95-101(72-107(91)121-108)118(81-50-23-10-24-51-81)105-68-82(116(79-46-19-8-20-47-79)97-62-33-27-52-83(97)74-38-11-4-12-39-74)69-106-110(105)115(95)94-61-32-36-65-100(94)119(106)98-63-34-28-53-84(98)75-40-13-5-14-41-75/h4-6,8-17,19-42,44-56,58-73,76,86H,7,18,43,57H2,1-3H3. The second-order valence-corrected chi connectivity index (χ2v) is 34.6. The Morgan fingerprint density at radius 3 is 1.44 bits per heavy atom. The average Bonchev–Trinajstić information content (AvgIpc) is 1.66. The van der Waals surface area contributed by atoms with E-state index in [2.05, 4.69) is 446 Å². The SMILES string of the molecule is CC(C)(C)c1cc2c3c(c1)N(c1ccccc1)c1ccccc1B3c1cc3c(cc1N2C1=C(C2C=CC=CC2)C=CCC1C1=CCCC=C1)Oc1cc2c(cc1C31c3ccccc3-c3ccccc31)B1c3ccccc3N(c3ccccc3-c3ccccc3)c3cc(N(c4ccccc4)c4ccccc4-c4ccccc4)cc(c31)N2c1ccccc1. The molecule has 15 aromatic carbocycles. The zero-order valence-electron chi connectivity index (χ0n) is 67.9. The van der Waals surface area contributed by atoms with E-state index in [9.17, 15) is 0 Å². The molecule has 8 heteroatoms. The molecule has 0 saturated heterocycles. The Hall–Kier alpha value is -14.3. The van der Waals surface area contributed by atoms with Crippen LogP contribution in [0.2, 0.25) is 0 Å². The Morgan fingerprint density at radius 1 is 0.364 bits per heavy atom. The van der Waals surface area contributed by atoms with Gasteiger partial charge >= 0.3 is 0 Å². The van der Waals surface area contributed by atoms with Crippen LogP contribution in [0.3, 0.4) is 0 Å². The molecular weight excluding hydrogens is 1460 g/mol. The summed E-state index contributed by atoms with van der Waals surface area (Å²) < 4.78 is 8.43. The van der Waals surface area contributed by atoms with Crippen molar-refractivity contribution in [3.63, 3.8) is 0 Å². The van der Waals surface area contributed by atoms with Crippen molar-refractivity contribution >= 4 is 126 Å². The first kappa shape index (κ1) is 70.8. The van der Waals surface area contributed by atoms with E-state index in [1.165, 1.54) is 94.5 Å². The zero-order valence-corrected chi connectivity index (χ0v) is 67.9. The number of para-hydroxylation sites is 7. The molecule has 0 fully saturated rings. The van der Waals surface area contributed by atoms with Crippen LogP contribution in [0.25, 0.3) is 33.4 Å². The fourth-order valence-corrected chi connectivity index (χ4v) is 21.9. The van der Waals surface area contributed by atoms with Crippen LogP contribution in [-0.2, 0) is 10.8 Å². The number of ether oxygens (including phenoxy) is 1. The molecule has 574 valence electrons. The molecule has 15 aromatic rings. The number of fused-ring (bicyclic) bond motifs is 17. The van der Waals surface area contributed by atoms with Crippen LogP contribution in [0, 0.1) is 11.8 Å². The normalized spacial score (nSPS) is 16.7. The largest absolute Gasteiger partial charge is 0.457 e. The maximum Gasteiger partial charge on any atom is 0.252 e. The fourth-order valence-electron chi connectivity index (χ4n) is 21.9. The lowest BCUT2D eigenvalue weighted by molar-refractivity contribution is 0.437. The van der Waals surface area contributed by atoms with Gasteiger partial charge in [-0.2, -0.15) is 0 Å². The maximum absolute atomic E-state index is 8.43. The number of hydrogen-bond donors (Lipinski definition) is 0. The predicted molar refractivity (Wildman–Crippen MR) is 507 cm³/mol. The molecule has 0 bridgehead atoms. The first-order valence-electron chi connectivity index (χ1n) is 43.1. The minimum Gasteiger partial charge on any atom is -0.457 e. The molecule has 6 nitrogen and oxygen atoms in total. The third kappa shape index (κ3) is 10.8. The van der Waals surface area contributed by atoms with Crippen molar-refractivity contribution in [2.45, 2.75) is 57.3 Å². The molecule has 1 spiro atoms. The van der Waals surface area contributed by atoms with E-state index in [0.717, 1.165) is 133 Å². The topological polar surface area (TPSA) is 25.4 Å². The van der Waals surface area contributed by atoms with E-state index in [1.54, 1.807) is 0 Å². The molecule has 0 N–H and O–H groups in total. The summed E-state index contributed by atoms with van der Waals surface area (Å²) in [6.07, 6.45) is 25.5. The van der Waals surface area contributed by atoms with E-state index in [-0.39, 0.29) is 30.7 Å². The lowest BCUT2D eigenvalue weighted by atomic mass is 9.33. The second kappa shape index (κ2) is 27.9. The lowest BCUT2D eigenvalue weighted by Crippen LogP contribution is -2.62. The first-order valence-corrected chi connectivity index (χ1v) is 43.1. The Bertz CT molecular complexity index is 6930. The van der Waals surface area contributed by atoms with Crippen LogP contribution in [-0.4, -0.2) is 13.4 Å². The zero-order chi connectivity index (χ0) is 80.2. The van der Waals surface area contributed by atoms with E-state index in [1.807, 2.05) is 0 Å². The fraction of sp³-hybridized carbons (Fsp3) is 0.0973. The van der Waals surface area contributed by atoms with Crippen molar-refractivity contribution < 1.29 is 4.74 Å². The van der Waals surface area contributed by atoms with Crippen molar-refractivity contribution in [1.29, 1.82) is 0 Å². The number of rotatable bonds is 11. The van der Waals surface area contributed by atoms with Gasteiger partial charge < -0.3 is 29.2 Å². The van der Waals surface area contributed by atoms with Crippen LogP contribution in [0.1, 0.15) is 74.3 Å². The van der Waals surface area contributed by atoms with Crippen LogP contribution >= 0.6 is 0 Å². The van der Waals surface area contributed by atoms with Gasteiger partial charge in [-0.1, -0.05) is 324 Å². The summed E-state index contributed by atoms with van der Waals surface area (Å²) >= 11 is 0. The maximum atomic E-state index is 8.43. The van der Waals surface area contributed by atoms with Crippen molar-refractivity contribution in [3.05, 3.63) is 445 Å². The molecule has 9 aliphatic rings. The molecule has 0 aromatic heterocycles. The number of benzene rings is 15. The van der Waals surface area contributed by atoms with Crippen molar-refractivity contribution in [2.75, 3.05) is 24.5 Å². The van der Waals surface area contributed by atoms with Gasteiger partial charge in [0.15, 0.2) is 0 Å². The summed E-state index contributed by atoms with van der Waals surface area (Å²) in [6.45, 7) is 6.69. The number of hydrogen-bond acceptors (Lipinski definition) is 6. The summed E-state index contributed by atoms with van der Waals surface area (Å²) in [5.74, 6) is 1.84. The predicted octanol–water partition coefficient (Wildman–Crippen LogP) is 25.3. The molecule has 0 amide bonds. The quantitative estimate of drug-likeness (QED) is 0.120. The second-order valence-electron chi connectivity index (χ2n) is 34.6. The van der Waals surface area contributed by atoms with Gasteiger partial charge in [0.25, 0.3) is 13.4 Å². The van der Waals surface area contributed by atoms with Crippen LogP contribution in [0.15, 0.2) is 417 Å². The molecular formula is C113H85B2N5O. The highest BCUT2D eigenvalue weighted by Crippen LogP contribution is 2.65. The van der Waals surface area contributed by atoms with Gasteiger partial charge in [0.1, 0.15) is 11.5 Å². The highest BCUT2D eigenvalue weighted by Gasteiger charge is 2.56. The molecule has 5 heterocycles. The van der Waals surface area contributed by atoms with Gasteiger partial charge in [-0.25, -0.2) is 0 Å². The number of allylic oxidation sites excluding steroid dienone is 11. The van der Waals surface area contributed by atoms with Crippen molar-refractivity contribution in [1.82, 2.24) is 0 Å². The lowest BCUT2D eigenvalue weighted by Gasteiger charge is -2.49. The summed E-state index contributed by atoms with van der Waals surface area (Å²) in [4.78, 5) is 13.1. The third-order valence-corrected chi connectivity index (χ3v) is 27.1. The van der Waals surface area contributed by atoms with Crippen LogP contribution in [0.5, 0.6) is 11.5 Å². The van der Waals surface area contributed by atoms with Gasteiger partial charge in [-0.15, -0.1) is 0 Å². The van der Waals surface area contributed by atoms with Gasteiger partial charge in [0, 0.05) is 114 Å². The Kier molecular flexibility index (Phi) is 16.3. The summed E-state index contributed by atoms with van der Waals surface area (Å²) in [7, 11) is 0. The van der Waals surface area contributed by atoms with Gasteiger partial charge in [-0.05, 0) is 199 Å².